The normalized spacial score (nSPS) is 11.3. The lowest BCUT2D eigenvalue weighted by atomic mass is 9.97. The van der Waals surface area contributed by atoms with Crippen molar-refractivity contribution in [3.05, 3.63) is 212 Å². The number of fused-ring (bicyclic) bond motifs is 4. The maximum Gasteiger partial charge on any atom is 0.0640 e. The van der Waals surface area contributed by atoms with Crippen LogP contribution in [0.5, 0.6) is 0 Å². The van der Waals surface area contributed by atoms with Crippen molar-refractivity contribution in [2.75, 3.05) is 4.90 Å². The molecule has 0 fully saturated rings. The third-order valence-electron chi connectivity index (χ3n) is 10.5. The predicted octanol–water partition coefficient (Wildman–Crippen LogP) is 15.3. The van der Waals surface area contributed by atoms with Crippen molar-refractivity contribution in [3.63, 3.8) is 0 Å². The lowest BCUT2D eigenvalue weighted by Gasteiger charge is -2.26. The van der Waals surface area contributed by atoms with Crippen LogP contribution in [0.3, 0.4) is 0 Å². The van der Waals surface area contributed by atoms with Gasteiger partial charge in [-0.05, 0) is 110 Å². The average molecular weight is 706 g/mol. The SMILES string of the molecule is c1ccc(-c2cccc(-c3ccc(N(c4ccc(-c5cccc(-c6ccc7ccccc7c6)c5)cc4)c4cccc5c4sc4ccccc45)cc3)c2)cc1. The monoisotopic (exact) mass is 705 g/mol. The zero-order valence-corrected chi connectivity index (χ0v) is 30.4. The van der Waals surface area contributed by atoms with Gasteiger partial charge in [0.1, 0.15) is 0 Å². The van der Waals surface area contributed by atoms with Gasteiger partial charge in [-0.15, -0.1) is 11.3 Å². The Bertz CT molecular complexity index is 2920. The summed E-state index contributed by atoms with van der Waals surface area (Å²) in [6.45, 7) is 0. The van der Waals surface area contributed by atoms with Gasteiger partial charge in [0, 0.05) is 26.8 Å². The van der Waals surface area contributed by atoms with E-state index in [1.807, 2.05) is 11.3 Å². The summed E-state index contributed by atoms with van der Waals surface area (Å²) in [5.74, 6) is 0. The summed E-state index contributed by atoms with van der Waals surface area (Å²) in [4.78, 5) is 2.41. The highest BCUT2D eigenvalue weighted by molar-refractivity contribution is 7.26. The molecule has 9 aromatic carbocycles. The minimum absolute atomic E-state index is 1.12. The number of anilines is 3. The van der Waals surface area contributed by atoms with E-state index in [1.54, 1.807) is 0 Å². The fraction of sp³-hybridized carbons (Fsp3) is 0. The molecule has 10 rings (SSSR count). The molecule has 1 aromatic heterocycles. The first kappa shape index (κ1) is 32.0. The van der Waals surface area contributed by atoms with Crippen LogP contribution in [0.4, 0.5) is 17.1 Å². The highest BCUT2D eigenvalue weighted by atomic mass is 32.1. The van der Waals surface area contributed by atoms with Crippen molar-refractivity contribution in [1.29, 1.82) is 0 Å². The van der Waals surface area contributed by atoms with Gasteiger partial charge in [0.15, 0.2) is 0 Å². The Morgan fingerprint density at radius 1 is 0.296 bits per heavy atom. The van der Waals surface area contributed by atoms with Crippen LogP contribution in [-0.4, -0.2) is 0 Å². The van der Waals surface area contributed by atoms with Gasteiger partial charge in [-0.1, -0.05) is 158 Å². The standard InChI is InChI=1S/C52H35NS/c1-2-11-36(12-3-1)41-15-8-16-42(33-41)38-25-29-46(30-26-38)53(50-21-10-20-49-48-19-6-7-22-51(48)54-52(49)50)47-31-27-39(28-32-47)43-17-9-18-44(34-43)45-24-23-37-13-4-5-14-40(37)35-45/h1-35H. The van der Waals surface area contributed by atoms with Crippen molar-refractivity contribution in [2.24, 2.45) is 0 Å². The van der Waals surface area contributed by atoms with Crippen molar-refractivity contribution < 1.29 is 0 Å². The van der Waals surface area contributed by atoms with Crippen molar-refractivity contribution in [3.8, 4) is 44.5 Å². The molecule has 0 spiro atoms. The number of hydrogen-bond acceptors (Lipinski definition) is 2. The van der Waals surface area contributed by atoms with Crippen LogP contribution in [0, 0.1) is 0 Å². The largest absolute Gasteiger partial charge is 0.309 e. The van der Waals surface area contributed by atoms with E-state index in [0.717, 1.165) is 11.4 Å². The van der Waals surface area contributed by atoms with E-state index in [2.05, 4.69) is 217 Å². The molecule has 0 amide bonds. The average Bonchev–Trinajstić information content (AvgIpc) is 3.64. The molecule has 1 heterocycles. The molecule has 0 bridgehead atoms. The Labute approximate surface area is 319 Å². The van der Waals surface area contributed by atoms with E-state index in [-0.39, 0.29) is 0 Å². The summed E-state index contributed by atoms with van der Waals surface area (Å²) in [5, 5.41) is 5.10. The second-order valence-corrected chi connectivity index (χ2v) is 14.8. The Balaban J connectivity index is 1.04. The van der Waals surface area contributed by atoms with E-state index >= 15 is 0 Å². The van der Waals surface area contributed by atoms with Gasteiger partial charge in [-0.2, -0.15) is 0 Å². The van der Waals surface area contributed by atoms with Crippen LogP contribution < -0.4 is 4.90 Å². The highest BCUT2D eigenvalue weighted by Gasteiger charge is 2.18. The molecule has 0 atom stereocenters. The first-order chi connectivity index (χ1) is 26.7. The number of hydrogen-bond donors (Lipinski definition) is 0. The maximum absolute atomic E-state index is 2.41. The molecule has 0 unspecified atom stereocenters. The number of nitrogens with zero attached hydrogens (tertiary/aromatic N) is 1. The van der Waals surface area contributed by atoms with Gasteiger partial charge < -0.3 is 4.90 Å². The molecular weight excluding hydrogens is 671 g/mol. The molecule has 0 saturated heterocycles. The Kier molecular flexibility index (Phi) is 8.09. The zero-order chi connectivity index (χ0) is 35.8. The second-order valence-electron chi connectivity index (χ2n) is 13.8. The van der Waals surface area contributed by atoms with Crippen LogP contribution >= 0.6 is 11.3 Å². The summed E-state index contributed by atoms with van der Waals surface area (Å²) in [7, 11) is 0. The fourth-order valence-electron chi connectivity index (χ4n) is 7.70. The third-order valence-corrected chi connectivity index (χ3v) is 11.7. The summed E-state index contributed by atoms with van der Waals surface area (Å²) in [6.07, 6.45) is 0. The second kappa shape index (κ2) is 13.7. The minimum atomic E-state index is 1.12. The summed E-state index contributed by atoms with van der Waals surface area (Å²) in [5.41, 5.74) is 13.1. The maximum atomic E-state index is 2.41. The minimum Gasteiger partial charge on any atom is -0.309 e. The van der Waals surface area contributed by atoms with Gasteiger partial charge in [-0.3, -0.25) is 0 Å². The van der Waals surface area contributed by atoms with Gasteiger partial charge in [-0.25, -0.2) is 0 Å². The predicted molar refractivity (Wildman–Crippen MR) is 233 cm³/mol. The number of thiophene rings is 1. The van der Waals surface area contributed by atoms with Crippen molar-refractivity contribution in [2.45, 2.75) is 0 Å². The molecule has 0 aliphatic rings. The van der Waals surface area contributed by atoms with Crippen LogP contribution in [0.25, 0.3) is 75.5 Å². The lowest BCUT2D eigenvalue weighted by molar-refractivity contribution is 1.30. The zero-order valence-electron chi connectivity index (χ0n) is 29.6. The van der Waals surface area contributed by atoms with Crippen LogP contribution in [0.15, 0.2) is 212 Å². The van der Waals surface area contributed by atoms with E-state index in [1.165, 1.54) is 81.1 Å². The molecule has 2 heteroatoms. The molecule has 1 nitrogen and oxygen atoms in total. The van der Waals surface area contributed by atoms with E-state index in [0.29, 0.717) is 0 Å². The molecule has 0 N–H and O–H groups in total. The molecule has 0 radical (unpaired) electrons. The summed E-state index contributed by atoms with van der Waals surface area (Å²) in [6, 6.07) is 77.1. The lowest BCUT2D eigenvalue weighted by Crippen LogP contribution is -2.10. The number of benzene rings is 9. The summed E-state index contributed by atoms with van der Waals surface area (Å²) < 4.78 is 2.58. The van der Waals surface area contributed by atoms with Crippen molar-refractivity contribution >= 4 is 59.3 Å². The Hall–Kier alpha value is -6.74. The van der Waals surface area contributed by atoms with Gasteiger partial charge in [0.2, 0.25) is 0 Å². The Morgan fingerprint density at radius 2 is 0.759 bits per heavy atom. The fourth-order valence-corrected chi connectivity index (χ4v) is 8.90. The third kappa shape index (κ3) is 5.93. The molecular formula is C52H35NS. The highest BCUT2D eigenvalue weighted by Crippen LogP contribution is 2.45. The quantitative estimate of drug-likeness (QED) is 0.160. The molecule has 10 aromatic rings. The molecule has 54 heavy (non-hydrogen) atoms. The molecule has 0 aliphatic heterocycles. The smallest absolute Gasteiger partial charge is 0.0640 e. The Morgan fingerprint density at radius 3 is 1.43 bits per heavy atom. The van der Waals surface area contributed by atoms with Crippen LogP contribution in [-0.2, 0) is 0 Å². The number of rotatable bonds is 7. The molecule has 254 valence electrons. The van der Waals surface area contributed by atoms with Gasteiger partial charge >= 0.3 is 0 Å². The molecule has 0 aliphatic carbocycles. The van der Waals surface area contributed by atoms with E-state index in [9.17, 15) is 0 Å². The van der Waals surface area contributed by atoms with Crippen molar-refractivity contribution in [1.82, 2.24) is 0 Å². The first-order valence-electron chi connectivity index (χ1n) is 18.4. The van der Waals surface area contributed by atoms with Gasteiger partial charge in [0.05, 0.1) is 10.4 Å². The first-order valence-corrected chi connectivity index (χ1v) is 19.2. The summed E-state index contributed by atoms with van der Waals surface area (Å²) >= 11 is 1.86. The molecule has 0 saturated carbocycles. The van der Waals surface area contributed by atoms with Crippen LogP contribution in [0.1, 0.15) is 0 Å². The van der Waals surface area contributed by atoms with E-state index < -0.39 is 0 Å². The van der Waals surface area contributed by atoms with E-state index in [4.69, 9.17) is 0 Å². The van der Waals surface area contributed by atoms with Crippen LogP contribution in [0.2, 0.25) is 0 Å². The topological polar surface area (TPSA) is 3.24 Å². The van der Waals surface area contributed by atoms with Gasteiger partial charge in [0.25, 0.3) is 0 Å².